The highest BCUT2D eigenvalue weighted by Crippen LogP contribution is 2.30. The van der Waals surface area contributed by atoms with Crippen LogP contribution in [-0.4, -0.2) is 46.5 Å². The molecule has 24 heavy (non-hydrogen) atoms. The van der Waals surface area contributed by atoms with Crippen LogP contribution >= 0.6 is 0 Å². The molecule has 132 valence electrons. The summed E-state index contributed by atoms with van der Waals surface area (Å²) in [4.78, 5) is 39.8. The quantitative estimate of drug-likeness (QED) is 0.820. The molecule has 0 saturated carbocycles. The fourth-order valence-corrected chi connectivity index (χ4v) is 3.92. The van der Waals surface area contributed by atoms with E-state index in [1.807, 2.05) is 4.90 Å². The lowest BCUT2D eigenvalue weighted by atomic mass is 9.79. The first-order valence-corrected chi connectivity index (χ1v) is 8.83. The third-order valence-electron chi connectivity index (χ3n) is 5.44. The predicted octanol–water partition coefficient (Wildman–Crippen LogP) is 0.0832. The number of carbonyl (C=O) groups is 1. The molecule has 0 spiro atoms. The zero-order valence-electron chi connectivity index (χ0n) is 14.2. The third kappa shape index (κ3) is 3.77. The molecule has 7 nitrogen and oxygen atoms in total. The molecule has 2 fully saturated rings. The van der Waals surface area contributed by atoms with Gasteiger partial charge in [-0.2, -0.15) is 0 Å². The van der Waals surface area contributed by atoms with E-state index < -0.39 is 11.2 Å². The number of piperidine rings is 2. The van der Waals surface area contributed by atoms with Crippen LogP contribution in [0.5, 0.6) is 0 Å². The van der Waals surface area contributed by atoms with Gasteiger partial charge in [0.1, 0.15) is 6.54 Å². The highest BCUT2D eigenvalue weighted by atomic mass is 16.2. The molecule has 2 N–H and O–H groups in total. The second kappa shape index (κ2) is 7.34. The van der Waals surface area contributed by atoms with Crippen molar-refractivity contribution in [3.8, 4) is 0 Å². The summed E-state index contributed by atoms with van der Waals surface area (Å²) < 4.78 is 1.29. The lowest BCUT2D eigenvalue weighted by Gasteiger charge is -2.37. The molecule has 2 aliphatic rings. The molecule has 0 aliphatic carbocycles. The molecule has 3 rings (SSSR count). The third-order valence-corrected chi connectivity index (χ3v) is 5.44. The Hall–Kier alpha value is -1.89. The number of aromatic amines is 1. The molecular formula is C17H26N4O3. The summed E-state index contributed by atoms with van der Waals surface area (Å²) in [6, 6.07) is 0. The normalized spacial score (nSPS) is 20.3. The number of nitrogens with zero attached hydrogens (tertiary/aromatic N) is 2. The standard InChI is InChI=1S/C17H26N4O3/c1-12-10-21(17(24)19-16(12)23)11-15(22)20-8-4-14(5-9-20)13-2-6-18-7-3-13/h10,13-14,18H,2-9,11H2,1H3,(H,19,23,24). The van der Waals surface area contributed by atoms with Gasteiger partial charge in [0.15, 0.2) is 0 Å². The van der Waals surface area contributed by atoms with E-state index in [0.717, 1.165) is 44.9 Å². The Morgan fingerprint density at radius 1 is 1.12 bits per heavy atom. The van der Waals surface area contributed by atoms with E-state index in [2.05, 4.69) is 10.3 Å². The van der Waals surface area contributed by atoms with Crippen LogP contribution in [0, 0.1) is 18.8 Å². The highest BCUT2D eigenvalue weighted by Gasteiger charge is 2.29. The van der Waals surface area contributed by atoms with Crippen LogP contribution in [0.15, 0.2) is 15.8 Å². The molecule has 2 saturated heterocycles. The van der Waals surface area contributed by atoms with Crippen LogP contribution in [0.25, 0.3) is 0 Å². The maximum atomic E-state index is 12.5. The number of amides is 1. The molecule has 0 radical (unpaired) electrons. The van der Waals surface area contributed by atoms with E-state index in [-0.39, 0.29) is 12.5 Å². The minimum absolute atomic E-state index is 0.00549. The summed E-state index contributed by atoms with van der Waals surface area (Å²) in [7, 11) is 0. The van der Waals surface area contributed by atoms with Crippen molar-refractivity contribution >= 4 is 5.91 Å². The second-order valence-electron chi connectivity index (χ2n) is 7.00. The number of hydrogen-bond acceptors (Lipinski definition) is 4. The maximum absolute atomic E-state index is 12.5. The summed E-state index contributed by atoms with van der Waals surface area (Å²) in [6.07, 6.45) is 6.04. The molecule has 1 amide bonds. The summed E-state index contributed by atoms with van der Waals surface area (Å²) in [6.45, 7) is 5.38. The average Bonchev–Trinajstić information content (AvgIpc) is 2.60. The van der Waals surface area contributed by atoms with Gasteiger partial charge >= 0.3 is 5.69 Å². The SMILES string of the molecule is Cc1cn(CC(=O)N2CCC(C3CCNCC3)CC2)c(=O)[nH]c1=O. The minimum Gasteiger partial charge on any atom is -0.341 e. The van der Waals surface area contributed by atoms with Crippen molar-refractivity contribution in [1.29, 1.82) is 0 Å². The average molecular weight is 334 g/mol. The molecule has 3 heterocycles. The van der Waals surface area contributed by atoms with Crippen LogP contribution in [0.1, 0.15) is 31.2 Å². The lowest BCUT2D eigenvalue weighted by Crippen LogP contribution is -2.44. The van der Waals surface area contributed by atoms with Crippen LogP contribution < -0.4 is 16.6 Å². The van der Waals surface area contributed by atoms with Crippen molar-refractivity contribution in [1.82, 2.24) is 19.8 Å². The van der Waals surface area contributed by atoms with Crippen molar-refractivity contribution in [2.24, 2.45) is 11.8 Å². The molecule has 2 aliphatic heterocycles. The first-order valence-electron chi connectivity index (χ1n) is 8.83. The smallest absolute Gasteiger partial charge is 0.328 e. The molecule has 1 aromatic heterocycles. The first-order chi connectivity index (χ1) is 11.5. The molecule has 0 unspecified atom stereocenters. The van der Waals surface area contributed by atoms with Crippen molar-refractivity contribution in [3.63, 3.8) is 0 Å². The van der Waals surface area contributed by atoms with E-state index in [1.165, 1.54) is 23.6 Å². The van der Waals surface area contributed by atoms with Crippen LogP contribution in [0.2, 0.25) is 0 Å². The summed E-state index contributed by atoms with van der Waals surface area (Å²) in [5.41, 5.74) is -0.484. The number of hydrogen-bond donors (Lipinski definition) is 2. The largest absolute Gasteiger partial charge is 0.341 e. The fourth-order valence-electron chi connectivity index (χ4n) is 3.92. The van der Waals surface area contributed by atoms with Gasteiger partial charge in [-0.25, -0.2) is 4.79 Å². The molecule has 0 atom stereocenters. The number of aryl methyl sites for hydroxylation is 1. The van der Waals surface area contributed by atoms with Crippen molar-refractivity contribution in [3.05, 3.63) is 32.6 Å². The number of H-pyrrole nitrogens is 1. The minimum atomic E-state index is -0.524. The Bertz CT molecular complexity index is 695. The van der Waals surface area contributed by atoms with Gasteiger partial charge in [-0.1, -0.05) is 0 Å². The zero-order valence-corrected chi connectivity index (χ0v) is 14.2. The van der Waals surface area contributed by atoms with Gasteiger partial charge in [-0.05, 0) is 57.5 Å². The van der Waals surface area contributed by atoms with Gasteiger partial charge in [0.25, 0.3) is 5.56 Å². The Labute approximate surface area is 141 Å². The Morgan fingerprint density at radius 2 is 1.75 bits per heavy atom. The number of nitrogens with one attached hydrogen (secondary N) is 2. The Kier molecular flexibility index (Phi) is 5.18. The van der Waals surface area contributed by atoms with Gasteiger partial charge in [-0.15, -0.1) is 0 Å². The number of likely N-dealkylation sites (tertiary alicyclic amines) is 1. The van der Waals surface area contributed by atoms with Crippen molar-refractivity contribution in [2.75, 3.05) is 26.2 Å². The molecule has 7 heteroatoms. The number of aromatic nitrogens is 2. The molecule has 0 aromatic carbocycles. The second-order valence-corrected chi connectivity index (χ2v) is 7.00. The van der Waals surface area contributed by atoms with Gasteiger partial charge in [0, 0.05) is 24.8 Å². The van der Waals surface area contributed by atoms with E-state index in [9.17, 15) is 14.4 Å². The topological polar surface area (TPSA) is 87.2 Å². The lowest BCUT2D eigenvalue weighted by molar-refractivity contribution is -0.133. The van der Waals surface area contributed by atoms with Gasteiger partial charge < -0.3 is 10.2 Å². The summed E-state index contributed by atoms with van der Waals surface area (Å²) in [5.74, 6) is 1.45. The van der Waals surface area contributed by atoms with Crippen LogP contribution in [0.3, 0.4) is 0 Å². The maximum Gasteiger partial charge on any atom is 0.328 e. The van der Waals surface area contributed by atoms with Crippen LogP contribution in [-0.2, 0) is 11.3 Å². The zero-order chi connectivity index (χ0) is 17.1. The number of rotatable bonds is 3. The monoisotopic (exact) mass is 334 g/mol. The first kappa shape index (κ1) is 17.0. The molecule has 1 aromatic rings. The van der Waals surface area contributed by atoms with E-state index in [1.54, 1.807) is 6.92 Å². The predicted molar refractivity (Wildman–Crippen MR) is 91.0 cm³/mol. The fraction of sp³-hybridized carbons (Fsp3) is 0.706. The highest BCUT2D eigenvalue weighted by molar-refractivity contribution is 5.76. The van der Waals surface area contributed by atoms with Crippen LogP contribution in [0.4, 0.5) is 0 Å². The van der Waals surface area contributed by atoms with Gasteiger partial charge in [0.2, 0.25) is 5.91 Å². The Balaban J connectivity index is 1.56. The summed E-state index contributed by atoms with van der Waals surface area (Å²) in [5, 5.41) is 3.40. The van der Waals surface area contributed by atoms with E-state index >= 15 is 0 Å². The Morgan fingerprint density at radius 3 is 2.42 bits per heavy atom. The van der Waals surface area contributed by atoms with E-state index in [4.69, 9.17) is 0 Å². The van der Waals surface area contributed by atoms with Gasteiger partial charge in [0.05, 0.1) is 0 Å². The number of carbonyl (C=O) groups excluding carboxylic acids is 1. The van der Waals surface area contributed by atoms with Gasteiger partial charge in [-0.3, -0.25) is 19.1 Å². The summed E-state index contributed by atoms with van der Waals surface area (Å²) >= 11 is 0. The molecule has 0 bridgehead atoms. The molecular weight excluding hydrogens is 308 g/mol. The van der Waals surface area contributed by atoms with E-state index in [0.29, 0.717) is 11.5 Å². The van der Waals surface area contributed by atoms with Crippen molar-refractivity contribution < 1.29 is 4.79 Å². The van der Waals surface area contributed by atoms with Crippen molar-refractivity contribution in [2.45, 2.75) is 39.2 Å².